The van der Waals surface area contributed by atoms with Crippen LogP contribution < -0.4 is 10.5 Å². The molecule has 3 aromatic rings. The molecule has 0 bridgehead atoms. The minimum absolute atomic E-state index is 0.124. The van der Waals surface area contributed by atoms with E-state index in [0.717, 1.165) is 5.39 Å². The molecule has 1 N–H and O–H groups in total. The van der Waals surface area contributed by atoms with Crippen molar-refractivity contribution >= 4 is 22.8 Å². The molecule has 0 aromatic carbocycles. The van der Waals surface area contributed by atoms with Gasteiger partial charge in [0.15, 0.2) is 0 Å². The molecule has 0 aliphatic carbocycles. The van der Waals surface area contributed by atoms with Crippen molar-refractivity contribution in [1.82, 2.24) is 14.1 Å². The van der Waals surface area contributed by atoms with Gasteiger partial charge in [-0.3, -0.25) is 14.3 Å². The number of hydrogen-bond donors (Lipinski definition) is 1. The van der Waals surface area contributed by atoms with Crippen LogP contribution in [0.15, 0.2) is 41.5 Å². The van der Waals surface area contributed by atoms with E-state index in [4.69, 9.17) is 4.74 Å². The van der Waals surface area contributed by atoms with Gasteiger partial charge in [0.05, 0.1) is 18.0 Å². The minimum atomic E-state index is -0.624. The molecule has 3 rings (SSSR count). The molecule has 8 nitrogen and oxygen atoms in total. The number of aliphatic hydroxyl groups excluding tert-OH is 1. The fraction of sp³-hybridized carbons (Fsp3) is 0.350. The van der Waals surface area contributed by atoms with E-state index in [1.54, 1.807) is 56.9 Å². The third-order valence-corrected chi connectivity index (χ3v) is 4.38. The Morgan fingerprint density at radius 1 is 1.29 bits per heavy atom. The van der Waals surface area contributed by atoms with Crippen molar-refractivity contribution in [2.75, 3.05) is 11.9 Å². The first-order valence-electron chi connectivity index (χ1n) is 8.86. The number of fused-ring (bicyclic) bond motifs is 1. The van der Waals surface area contributed by atoms with Crippen molar-refractivity contribution in [2.24, 2.45) is 7.05 Å². The van der Waals surface area contributed by atoms with Gasteiger partial charge in [0.1, 0.15) is 11.2 Å². The maximum atomic E-state index is 12.8. The highest BCUT2D eigenvalue weighted by atomic mass is 16.6. The molecule has 0 radical (unpaired) electrons. The average molecular weight is 384 g/mol. The predicted octanol–water partition coefficient (Wildman–Crippen LogP) is 2.59. The van der Waals surface area contributed by atoms with E-state index in [1.807, 2.05) is 13.1 Å². The molecular weight excluding hydrogens is 360 g/mol. The van der Waals surface area contributed by atoms with Crippen LogP contribution in [0.25, 0.3) is 16.7 Å². The summed E-state index contributed by atoms with van der Waals surface area (Å²) in [5.41, 5.74) is 1.53. The first-order chi connectivity index (χ1) is 13.1. The lowest BCUT2D eigenvalue weighted by atomic mass is 10.2. The van der Waals surface area contributed by atoms with Crippen molar-refractivity contribution < 1.29 is 14.6 Å². The van der Waals surface area contributed by atoms with E-state index >= 15 is 0 Å². The predicted molar refractivity (Wildman–Crippen MR) is 107 cm³/mol. The van der Waals surface area contributed by atoms with E-state index in [-0.39, 0.29) is 12.2 Å². The summed E-state index contributed by atoms with van der Waals surface area (Å²) in [5.74, 6) is 0. The van der Waals surface area contributed by atoms with Gasteiger partial charge in [-0.2, -0.15) is 0 Å². The lowest BCUT2D eigenvalue weighted by Gasteiger charge is -2.24. The van der Waals surface area contributed by atoms with Crippen LogP contribution in [0, 0.1) is 0 Å². The SMILES string of the molecule is CN(C(=O)OC(C)(C)C)c1ccn(-c2ccnc3c2cc(CO)n3C)c(=O)c1. The van der Waals surface area contributed by atoms with E-state index in [1.165, 1.54) is 15.5 Å². The smallest absolute Gasteiger partial charge is 0.414 e. The monoisotopic (exact) mass is 384 g/mol. The largest absolute Gasteiger partial charge is 0.443 e. The number of hydrogen-bond acceptors (Lipinski definition) is 5. The van der Waals surface area contributed by atoms with Crippen LogP contribution in [0.5, 0.6) is 0 Å². The van der Waals surface area contributed by atoms with Gasteiger partial charge in [-0.15, -0.1) is 0 Å². The number of aromatic nitrogens is 3. The number of carbonyl (C=O) groups excluding carboxylic acids is 1. The number of aliphatic hydroxyl groups is 1. The summed E-state index contributed by atoms with van der Waals surface area (Å²) in [4.78, 5) is 30.6. The molecule has 0 aliphatic heterocycles. The molecule has 0 atom stereocenters. The topological polar surface area (TPSA) is 89.6 Å². The van der Waals surface area contributed by atoms with Crippen LogP contribution in [0.4, 0.5) is 10.5 Å². The van der Waals surface area contributed by atoms with E-state index in [9.17, 15) is 14.7 Å². The number of amides is 1. The van der Waals surface area contributed by atoms with Gasteiger partial charge in [-0.25, -0.2) is 9.78 Å². The number of carbonyl (C=O) groups is 1. The molecule has 28 heavy (non-hydrogen) atoms. The third kappa shape index (κ3) is 3.63. The Bertz CT molecular complexity index is 1090. The van der Waals surface area contributed by atoms with Crippen molar-refractivity contribution in [3.8, 4) is 5.69 Å². The van der Waals surface area contributed by atoms with Crippen LogP contribution in [-0.4, -0.2) is 38.0 Å². The highest BCUT2D eigenvalue weighted by molar-refractivity contribution is 5.88. The number of nitrogens with zero attached hydrogens (tertiary/aromatic N) is 4. The normalized spacial score (nSPS) is 11.6. The van der Waals surface area contributed by atoms with E-state index < -0.39 is 11.7 Å². The summed E-state index contributed by atoms with van der Waals surface area (Å²) < 4.78 is 8.61. The summed E-state index contributed by atoms with van der Waals surface area (Å²) in [6.07, 6.45) is 2.69. The molecule has 8 heteroatoms. The van der Waals surface area contributed by atoms with Crippen LogP contribution in [0.3, 0.4) is 0 Å². The van der Waals surface area contributed by atoms with Gasteiger partial charge in [0.25, 0.3) is 5.56 Å². The standard InChI is InChI=1S/C20H24N4O4/c1-20(2,3)28-19(27)23(5)13-7-9-24(17(26)11-13)16-6-8-21-18-15(16)10-14(12-25)22(18)4/h6-11,25H,12H2,1-5H3. The summed E-state index contributed by atoms with van der Waals surface area (Å²) in [6, 6.07) is 6.60. The van der Waals surface area contributed by atoms with Gasteiger partial charge in [-0.1, -0.05) is 0 Å². The first-order valence-corrected chi connectivity index (χ1v) is 8.86. The lowest BCUT2D eigenvalue weighted by Crippen LogP contribution is -2.34. The Morgan fingerprint density at radius 3 is 2.61 bits per heavy atom. The number of anilines is 1. The van der Waals surface area contributed by atoms with Crippen LogP contribution in [0.2, 0.25) is 0 Å². The zero-order valence-electron chi connectivity index (χ0n) is 16.6. The third-order valence-electron chi connectivity index (χ3n) is 4.38. The number of rotatable bonds is 3. The molecule has 0 aliphatic rings. The molecule has 0 fully saturated rings. The Kier molecular flexibility index (Phi) is 4.99. The average Bonchev–Trinajstić information content (AvgIpc) is 2.96. The van der Waals surface area contributed by atoms with E-state index in [0.29, 0.717) is 22.7 Å². The second-order valence-corrected chi connectivity index (χ2v) is 7.55. The van der Waals surface area contributed by atoms with Gasteiger partial charge in [0.2, 0.25) is 0 Å². The molecular formula is C20H24N4O4. The molecule has 1 amide bonds. The maximum absolute atomic E-state index is 12.8. The number of ether oxygens (including phenoxy) is 1. The van der Waals surface area contributed by atoms with Crippen molar-refractivity contribution in [3.05, 3.63) is 52.7 Å². The maximum Gasteiger partial charge on any atom is 0.414 e. The Labute approximate surface area is 162 Å². The summed E-state index contributed by atoms with van der Waals surface area (Å²) >= 11 is 0. The highest BCUT2D eigenvalue weighted by Gasteiger charge is 2.21. The fourth-order valence-corrected chi connectivity index (χ4v) is 2.93. The summed E-state index contributed by atoms with van der Waals surface area (Å²) in [6.45, 7) is 5.23. The summed E-state index contributed by atoms with van der Waals surface area (Å²) in [7, 11) is 3.37. The first kappa shape index (κ1) is 19.6. The van der Waals surface area contributed by atoms with Crippen molar-refractivity contribution in [2.45, 2.75) is 33.0 Å². The number of aryl methyl sites for hydroxylation is 1. The van der Waals surface area contributed by atoms with Gasteiger partial charge >= 0.3 is 6.09 Å². The van der Waals surface area contributed by atoms with Gasteiger partial charge in [0, 0.05) is 43.6 Å². The van der Waals surface area contributed by atoms with Crippen molar-refractivity contribution in [1.29, 1.82) is 0 Å². The second kappa shape index (κ2) is 7.12. The highest BCUT2D eigenvalue weighted by Crippen LogP contribution is 2.24. The molecule has 0 saturated carbocycles. The fourth-order valence-electron chi connectivity index (χ4n) is 2.93. The zero-order chi connectivity index (χ0) is 20.6. The molecule has 148 valence electrons. The molecule has 0 spiro atoms. The minimum Gasteiger partial charge on any atom is -0.443 e. The van der Waals surface area contributed by atoms with Crippen LogP contribution in [0.1, 0.15) is 26.5 Å². The summed E-state index contributed by atoms with van der Waals surface area (Å²) in [5, 5.41) is 10.3. The van der Waals surface area contributed by atoms with Crippen LogP contribution >= 0.6 is 0 Å². The quantitative estimate of drug-likeness (QED) is 0.750. The Balaban J connectivity index is 2.01. The zero-order valence-corrected chi connectivity index (χ0v) is 16.6. The van der Waals surface area contributed by atoms with Gasteiger partial charge in [-0.05, 0) is 39.0 Å². The molecule has 0 saturated heterocycles. The second-order valence-electron chi connectivity index (χ2n) is 7.55. The van der Waals surface area contributed by atoms with Crippen molar-refractivity contribution in [3.63, 3.8) is 0 Å². The van der Waals surface area contributed by atoms with Gasteiger partial charge < -0.3 is 14.4 Å². The molecule has 0 unspecified atom stereocenters. The Hall–Kier alpha value is -3.13. The molecule has 3 aromatic heterocycles. The number of pyridine rings is 2. The van der Waals surface area contributed by atoms with Crippen LogP contribution in [-0.2, 0) is 18.4 Å². The lowest BCUT2D eigenvalue weighted by molar-refractivity contribution is 0.0589. The Morgan fingerprint density at radius 2 is 2.00 bits per heavy atom. The molecule has 3 heterocycles. The van der Waals surface area contributed by atoms with E-state index in [2.05, 4.69) is 4.98 Å².